The largest absolute Gasteiger partial charge is 0.450 e. The third kappa shape index (κ3) is 4.60. The van der Waals surface area contributed by atoms with Crippen LogP contribution >= 0.6 is 0 Å². The summed E-state index contributed by atoms with van der Waals surface area (Å²) in [7, 11) is 0. The van der Waals surface area contributed by atoms with E-state index in [1.54, 1.807) is 24.2 Å². The molecule has 2 amide bonds. The minimum absolute atomic E-state index is 0.187. The average Bonchev–Trinajstić information content (AvgIpc) is 2.71. The second-order valence-corrected chi connectivity index (χ2v) is 6.88. The molecular formula is C21H26N4O3. The van der Waals surface area contributed by atoms with Crippen molar-refractivity contribution in [3.8, 4) is 0 Å². The molecule has 7 heteroatoms. The van der Waals surface area contributed by atoms with E-state index in [9.17, 15) is 9.59 Å². The summed E-state index contributed by atoms with van der Waals surface area (Å²) in [5.74, 6) is -0.187. The highest BCUT2D eigenvalue weighted by Crippen LogP contribution is 2.20. The molecule has 2 heterocycles. The molecule has 1 fully saturated rings. The summed E-state index contributed by atoms with van der Waals surface area (Å²) in [6.45, 7) is 8.63. The molecule has 1 aliphatic rings. The number of nitrogens with zero attached hydrogens (tertiary/aromatic N) is 3. The van der Waals surface area contributed by atoms with Crippen LogP contribution in [0, 0.1) is 13.8 Å². The van der Waals surface area contributed by atoms with E-state index in [4.69, 9.17) is 4.74 Å². The van der Waals surface area contributed by atoms with E-state index in [2.05, 4.69) is 15.2 Å². The van der Waals surface area contributed by atoms with Gasteiger partial charge in [0.2, 0.25) is 0 Å². The van der Waals surface area contributed by atoms with Gasteiger partial charge in [0.1, 0.15) is 0 Å². The molecule has 1 aromatic heterocycles. The van der Waals surface area contributed by atoms with Gasteiger partial charge in [0.05, 0.1) is 24.1 Å². The van der Waals surface area contributed by atoms with Gasteiger partial charge >= 0.3 is 6.09 Å². The number of hydrogen-bond donors (Lipinski definition) is 1. The Morgan fingerprint density at radius 1 is 1.11 bits per heavy atom. The molecule has 0 unspecified atom stereocenters. The van der Waals surface area contributed by atoms with Crippen LogP contribution in [0.5, 0.6) is 0 Å². The van der Waals surface area contributed by atoms with Crippen molar-refractivity contribution in [1.82, 2.24) is 9.88 Å². The van der Waals surface area contributed by atoms with Gasteiger partial charge in [-0.25, -0.2) is 4.79 Å². The van der Waals surface area contributed by atoms with Crippen LogP contribution in [0.4, 0.5) is 16.2 Å². The summed E-state index contributed by atoms with van der Waals surface area (Å²) < 4.78 is 5.05. The summed E-state index contributed by atoms with van der Waals surface area (Å²) in [6.07, 6.45) is 3.04. The first-order chi connectivity index (χ1) is 13.5. The smallest absolute Gasteiger partial charge is 0.409 e. The molecule has 0 bridgehead atoms. The maximum atomic E-state index is 12.7. The van der Waals surface area contributed by atoms with Crippen LogP contribution in [0.25, 0.3) is 0 Å². The first-order valence-electron chi connectivity index (χ1n) is 9.48. The van der Waals surface area contributed by atoms with Crippen molar-refractivity contribution in [1.29, 1.82) is 0 Å². The highest BCUT2D eigenvalue weighted by atomic mass is 16.6. The Labute approximate surface area is 165 Å². The number of carbonyl (C=O) groups excluding carboxylic acids is 2. The molecule has 3 rings (SSSR count). The van der Waals surface area contributed by atoms with E-state index in [-0.39, 0.29) is 12.0 Å². The van der Waals surface area contributed by atoms with Crippen LogP contribution in [0.3, 0.4) is 0 Å². The number of carbonyl (C=O) groups is 2. The maximum absolute atomic E-state index is 12.7. The molecule has 2 aromatic rings. The molecule has 148 valence electrons. The summed E-state index contributed by atoms with van der Waals surface area (Å²) in [6, 6.07) is 7.80. The summed E-state index contributed by atoms with van der Waals surface area (Å²) in [5.41, 5.74) is 4.28. The molecule has 0 atom stereocenters. The lowest BCUT2D eigenvalue weighted by Crippen LogP contribution is -2.49. The fraction of sp³-hybridized carbons (Fsp3) is 0.381. The highest BCUT2D eigenvalue weighted by Gasteiger charge is 2.22. The highest BCUT2D eigenvalue weighted by molar-refractivity contribution is 6.05. The van der Waals surface area contributed by atoms with Crippen molar-refractivity contribution >= 4 is 23.4 Å². The molecule has 1 saturated heterocycles. The number of anilines is 2. The monoisotopic (exact) mass is 382 g/mol. The number of pyridine rings is 1. The summed E-state index contributed by atoms with van der Waals surface area (Å²) in [4.78, 5) is 32.6. The van der Waals surface area contributed by atoms with Crippen molar-refractivity contribution in [2.75, 3.05) is 43.0 Å². The Balaban J connectivity index is 1.66. The van der Waals surface area contributed by atoms with Gasteiger partial charge in [-0.3, -0.25) is 9.78 Å². The maximum Gasteiger partial charge on any atom is 0.409 e. The van der Waals surface area contributed by atoms with Crippen molar-refractivity contribution in [2.45, 2.75) is 20.8 Å². The van der Waals surface area contributed by atoms with Crippen molar-refractivity contribution in [3.63, 3.8) is 0 Å². The van der Waals surface area contributed by atoms with E-state index in [1.807, 2.05) is 38.1 Å². The van der Waals surface area contributed by atoms with E-state index in [0.29, 0.717) is 38.3 Å². The Kier molecular flexibility index (Phi) is 6.13. The molecule has 7 nitrogen and oxygen atoms in total. The first-order valence-corrected chi connectivity index (χ1v) is 9.48. The normalized spacial score (nSPS) is 14.0. The zero-order valence-electron chi connectivity index (χ0n) is 16.6. The molecular weight excluding hydrogens is 356 g/mol. The van der Waals surface area contributed by atoms with Crippen molar-refractivity contribution < 1.29 is 14.3 Å². The van der Waals surface area contributed by atoms with E-state index < -0.39 is 0 Å². The molecule has 0 radical (unpaired) electrons. The first kappa shape index (κ1) is 19.7. The zero-order valence-corrected chi connectivity index (χ0v) is 16.6. The van der Waals surface area contributed by atoms with Crippen molar-refractivity contribution in [2.24, 2.45) is 0 Å². The number of ether oxygens (including phenoxy) is 1. The Bertz CT molecular complexity index is 860. The number of piperazine rings is 1. The Hall–Kier alpha value is -3.09. The number of amides is 2. The number of benzene rings is 1. The van der Waals surface area contributed by atoms with Gasteiger partial charge in [0.25, 0.3) is 5.91 Å². The number of rotatable bonds is 4. The molecule has 0 saturated carbocycles. The molecule has 1 aliphatic heterocycles. The lowest BCUT2D eigenvalue weighted by atomic mass is 10.1. The van der Waals surface area contributed by atoms with Gasteiger partial charge in [0, 0.05) is 38.1 Å². The van der Waals surface area contributed by atoms with Gasteiger partial charge in [-0.2, -0.15) is 0 Å². The molecule has 1 N–H and O–H groups in total. The SMILES string of the molecule is CCOC(=O)N1CCN(c2cncc(C(=O)Nc3cc(C)ccc3C)c2)CC1. The lowest BCUT2D eigenvalue weighted by molar-refractivity contribution is 0.102. The predicted molar refractivity (Wildman–Crippen MR) is 109 cm³/mol. The fourth-order valence-corrected chi connectivity index (χ4v) is 3.15. The quantitative estimate of drug-likeness (QED) is 0.879. The number of aromatic nitrogens is 1. The zero-order chi connectivity index (χ0) is 20.1. The Morgan fingerprint density at radius 3 is 2.57 bits per heavy atom. The average molecular weight is 382 g/mol. The second kappa shape index (κ2) is 8.73. The topological polar surface area (TPSA) is 74.8 Å². The second-order valence-electron chi connectivity index (χ2n) is 6.88. The third-order valence-corrected chi connectivity index (χ3v) is 4.80. The van der Waals surface area contributed by atoms with Gasteiger partial charge in [-0.15, -0.1) is 0 Å². The van der Waals surface area contributed by atoms with Crippen molar-refractivity contribution in [3.05, 3.63) is 53.3 Å². The third-order valence-electron chi connectivity index (χ3n) is 4.80. The fourth-order valence-electron chi connectivity index (χ4n) is 3.15. The number of aryl methyl sites for hydroxylation is 2. The lowest BCUT2D eigenvalue weighted by Gasteiger charge is -2.35. The van der Waals surface area contributed by atoms with Crippen LogP contribution in [-0.4, -0.2) is 54.7 Å². The molecule has 0 spiro atoms. The number of hydrogen-bond acceptors (Lipinski definition) is 5. The standard InChI is InChI=1S/C21H26N4O3/c1-4-28-21(27)25-9-7-24(8-10-25)18-12-17(13-22-14-18)20(26)23-19-11-15(2)5-6-16(19)3/h5-6,11-14H,4,7-10H2,1-3H3,(H,23,26). The van der Waals surface area contributed by atoms with Crippen LogP contribution in [0.1, 0.15) is 28.4 Å². The minimum atomic E-state index is -0.276. The molecule has 0 aliphatic carbocycles. The van der Waals surface area contributed by atoms with Crippen LogP contribution in [0.15, 0.2) is 36.7 Å². The summed E-state index contributed by atoms with van der Waals surface area (Å²) >= 11 is 0. The van der Waals surface area contributed by atoms with Gasteiger partial charge in [-0.05, 0) is 44.0 Å². The summed E-state index contributed by atoms with van der Waals surface area (Å²) in [5, 5.41) is 2.97. The van der Waals surface area contributed by atoms with Gasteiger partial charge in [-0.1, -0.05) is 12.1 Å². The Morgan fingerprint density at radius 2 is 1.86 bits per heavy atom. The van der Waals surface area contributed by atoms with E-state index in [0.717, 1.165) is 22.5 Å². The molecule has 28 heavy (non-hydrogen) atoms. The van der Waals surface area contributed by atoms with Gasteiger partial charge in [0.15, 0.2) is 0 Å². The minimum Gasteiger partial charge on any atom is -0.450 e. The predicted octanol–water partition coefficient (Wildman–Crippen LogP) is 3.23. The van der Waals surface area contributed by atoms with E-state index in [1.165, 1.54) is 0 Å². The number of nitrogens with one attached hydrogen (secondary N) is 1. The van der Waals surface area contributed by atoms with Crippen LogP contribution in [0.2, 0.25) is 0 Å². The van der Waals surface area contributed by atoms with Crippen LogP contribution < -0.4 is 10.2 Å². The van der Waals surface area contributed by atoms with Crippen LogP contribution in [-0.2, 0) is 4.74 Å². The molecule has 1 aromatic carbocycles. The van der Waals surface area contributed by atoms with E-state index >= 15 is 0 Å². The van der Waals surface area contributed by atoms with Gasteiger partial charge < -0.3 is 19.9 Å².